The van der Waals surface area contributed by atoms with Gasteiger partial charge in [-0.3, -0.25) is 14.9 Å². The Kier molecular flexibility index (Phi) is 4.04. The van der Waals surface area contributed by atoms with Gasteiger partial charge < -0.3 is 10.6 Å². The van der Waals surface area contributed by atoms with Crippen LogP contribution in [0.4, 0.5) is 11.4 Å². The summed E-state index contributed by atoms with van der Waals surface area (Å²) >= 11 is 0. The number of anilines is 1. The lowest BCUT2D eigenvalue weighted by atomic mass is 9.75. The van der Waals surface area contributed by atoms with Crippen molar-refractivity contribution in [3.63, 3.8) is 0 Å². The number of nitro benzene ring substituents is 1. The summed E-state index contributed by atoms with van der Waals surface area (Å²) in [6.07, 6.45) is 0.783. The van der Waals surface area contributed by atoms with Crippen molar-refractivity contribution in [1.82, 2.24) is 5.32 Å². The molecule has 2 rings (SSSR count). The number of amides is 1. The zero-order valence-electron chi connectivity index (χ0n) is 11.7. The number of nitrogens with one attached hydrogen (secondary N) is 2. The molecule has 1 amide bonds. The molecule has 1 heterocycles. The van der Waals surface area contributed by atoms with Gasteiger partial charge in [-0.05, 0) is 24.9 Å². The molecule has 0 radical (unpaired) electrons. The van der Waals surface area contributed by atoms with E-state index in [4.69, 9.17) is 0 Å². The van der Waals surface area contributed by atoms with Crippen LogP contribution in [0.25, 0.3) is 0 Å². The maximum atomic E-state index is 12.5. The summed E-state index contributed by atoms with van der Waals surface area (Å²) in [4.78, 5) is 22.8. The lowest BCUT2D eigenvalue weighted by molar-refractivity contribution is -0.384. The molecule has 1 aromatic rings. The Bertz CT molecular complexity index is 522. The molecule has 20 heavy (non-hydrogen) atoms. The molecule has 108 valence electrons. The molecule has 1 unspecified atom stereocenters. The van der Waals surface area contributed by atoms with E-state index < -0.39 is 10.3 Å². The Labute approximate surface area is 117 Å². The van der Waals surface area contributed by atoms with Crippen molar-refractivity contribution in [2.24, 2.45) is 11.3 Å². The van der Waals surface area contributed by atoms with Crippen LogP contribution in [-0.4, -0.2) is 23.9 Å². The van der Waals surface area contributed by atoms with Gasteiger partial charge in [0.1, 0.15) is 0 Å². The molecule has 0 saturated carbocycles. The van der Waals surface area contributed by atoms with Crippen molar-refractivity contribution >= 4 is 17.3 Å². The average Bonchev–Trinajstić information content (AvgIpc) is 2.89. The highest BCUT2D eigenvalue weighted by atomic mass is 16.6. The molecule has 0 bridgehead atoms. The van der Waals surface area contributed by atoms with E-state index in [1.54, 1.807) is 12.1 Å². The Morgan fingerprint density at radius 3 is 2.80 bits per heavy atom. The summed E-state index contributed by atoms with van der Waals surface area (Å²) < 4.78 is 0. The average molecular weight is 277 g/mol. The van der Waals surface area contributed by atoms with E-state index in [1.807, 2.05) is 13.8 Å². The Morgan fingerprint density at radius 2 is 2.25 bits per heavy atom. The largest absolute Gasteiger partial charge is 0.325 e. The third-order valence-corrected chi connectivity index (χ3v) is 4.06. The van der Waals surface area contributed by atoms with Gasteiger partial charge in [-0.2, -0.15) is 0 Å². The minimum atomic E-state index is -0.467. The van der Waals surface area contributed by atoms with Gasteiger partial charge in [0.25, 0.3) is 5.69 Å². The lowest BCUT2D eigenvalue weighted by Crippen LogP contribution is -2.42. The van der Waals surface area contributed by atoms with Crippen molar-refractivity contribution in [2.45, 2.75) is 20.3 Å². The zero-order chi connectivity index (χ0) is 14.8. The van der Waals surface area contributed by atoms with Crippen LogP contribution >= 0.6 is 0 Å². The van der Waals surface area contributed by atoms with Gasteiger partial charge in [0.05, 0.1) is 10.3 Å². The Hall–Kier alpha value is -1.95. The predicted octanol–water partition coefficient (Wildman–Crippen LogP) is 2.17. The van der Waals surface area contributed by atoms with Crippen molar-refractivity contribution in [1.29, 1.82) is 0 Å². The number of non-ortho nitro benzene ring substituents is 1. The number of hydrogen-bond acceptors (Lipinski definition) is 4. The van der Waals surface area contributed by atoms with E-state index >= 15 is 0 Å². The maximum Gasteiger partial charge on any atom is 0.271 e. The van der Waals surface area contributed by atoms with Crippen LogP contribution in [0.1, 0.15) is 20.3 Å². The number of carbonyl (C=O) groups excluding carboxylic acids is 1. The highest BCUT2D eigenvalue weighted by molar-refractivity contribution is 5.96. The summed E-state index contributed by atoms with van der Waals surface area (Å²) in [5.74, 6) is 0.134. The third-order valence-electron chi connectivity index (χ3n) is 4.06. The SMILES string of the molecule is CC(C)C1(C(=O)Nc2cccc([N+](=O)[O-])c2)CCNC1. The third kappa shape index (κ3) is 2.65. The van der Waals surface area contributed by atoms with Crippen LogP contribution in [0.2, 0.25) is 0 Å². The standard InChI is InChI=1S/C14H19N3O3/c1-10(2)14(6-7-15-9-14)13(18)16-11-4-3-5-12(8-11)17(19)20/h3-5,8,10,15H,6-7,9H2,1-2H3,(H,16,18). The monoisotopic (exact) mass is 277 g/mol. The minimum Gasteiger partial charge on any atom is -0.325 e. The maximum absolute atomic E-state index is 12.5. The van der Waals surface area contributed by atoms with Crippen molar-refractivity contribution in [2.75, 3.05) is 18.4 Å². The molecule has 0 aromatic heterocycles. The predicted molar refractivity (Wildman–Crippen MR) is 76.5 cm³/mol. The molecule has 6 nitrogen and oxygen atoms in total. The highest BCUT2D eigenvalue weighted by Gasteiger charge is 2.43. The van der Waals surface area contributed by atoms with E-state index in [2.05, 4.69) is 10.6 Å². The molecule has 0 aliphatic carbocycles. The van der Waals surface area contributed by atoms with Crippen molar-refractivity contribution in [3.8, 4) is 0 Å². The molecular weight excluding hydrogens is 258 g/mol. The number of nitro groups is 1. The van der Waals surface area contributed by atoms with Crippen LogP contribution < -0.4 is 10.6 Å². The quantitative estimate of drug-likeness (QED) is 0.652. The second-order valence-electron chi connectivity index (χ2n) is 5.50. The molecule has 6 heteroatoms. The topological polar surface area (TPSA) is 84.3 Å². The van der Waals surface area contributed by atoms with Crippen LogP contribution in [0, 0.1) is 21.4 Å². The molecule has 1 aliphatic rings. The fraction of sp³-hybridized carbons (Fsp3) is 0.500. The zero-order valence-corrected chi connectivity index (χ0v) is 11.7. The normalized spacial score (nSPS) is 21.9. The summed E-state index contributed by atoms with van der Waals surface area (Å²) in [7, 11) is 0. The van der Waals surface area contributed by atoms with Gasteiger partial charge >= 0.3 is 0 Å². The number of rotatable bonds is 4. The Balaban J connectivity index is 2.18. The van der Waals surface area contributed by atoms with Crippen LogP contribution in [0.5, 0.6) is 0 Å². The second-order valence-corrected chi connectivity index (χ2v) is 5.50. The van der Waals surface area contributed by atoms with Crippen LogP contribution in [-0.2, 0) is 4.79 Å². The first-order valence-electron chi connectivity index (χ1n) is 6.72. The number of benzene rings is 1. The van der Waals surface area contributed by atoms with Crippen molar-refractivity contribution in [3.05, 3.63) is 34.4 Å². The lowest BCUT2D eigenvalue weighted by Gasteiger charge is -2.31. The van der Waals surface area contributed by atoms with Crippen LogP contribution in [0.15, 0.2) is 24.3 Å². The molecule has 1 aliphatic heterocycles. The first kappa shape index (κ1) is 14.5. The van der Waals surface area contributed by atoms with E-state index in [0.29, 0.717) is 12.2 Å². The van der Waals surface area contributed by atoms with Gasteiger partial charge in [-0.15, -0.1) is 0 Å². The number of nitrogens with zero attached hydrogens (tertiary/aromatic N) is 1. The minimum absolute atomic E-state index is 0.0223. The van der Waals surface area contributed by atoms with Gasteiger partial charge in [0.15, 0.2) is 0 Å². The van der Waals surface area contributed by atoms with Gasteiger partial charge in [0.2, 0.25) is 5.91 Å². The molecule has 2 N–H and O–H groups in total. The molecule has 1 saturated heterocycles. The fourth-order valence-electron chi connectivity index (χ4n) is 2.61. The van der Waals surface area contributed by atoms with Crippen molar-refractivity contribution < 1.29 is 9.72 Å². The number of hydrogen-bond donors (Lipinski definition) is 2. The first-order valence-corrected chi connectivity index (χ1v) is 6.72. The van der Waals surface area contributed by atoms with E-state index in [1.165, 1.54) is 12.1 Å². The molecule has 1 aromatic carbocycles. The van der Waals surface area contributed by atoms with Gasteiger partial charge in [-0.1, -0.05) is 19.9 Å². The summed E-state index contributed by atoms with van der Waals surface area (Å²) in [5.41, 5.74) is 0.00650. The van der Waals surface area contributed by atoms with Gasteiger partial charge in [0, 0.05) is 24.4 Å². The smallest absolute Gasteiger partial charge is 0.271 e. The van der Waals surface area contributed by atoms with E-state index in [0.717, 1.165) is 13.0 Å². The first-order chi connectivity index (χ1) is 9.45. The van der Waals surface area contributed by atoms with E-state index in [9.17, 15) is 14.9 Å². The van der Waals surface area contributed by atoms with Gasteiger partial charge in [-0.25, -0.2) is 0 Å². The summed E-state index contributed by atoms with van der Waals surface area (Å²) in [6.45, 7) is 5.52. The molecule has 0 spiro atoms. The molecular formula is C14H19N3O3. The fourth-order valence-corrected chi connectivity index (χ4v) is 2.61. The molecule has 1 fully saturated rings. The highest BCUT2D eigenvalue weighted by Crippen LogP contribution is 2.35. The summed E-state index contributed by atoms with van der Waals surface area (Å²) in [6, 6.07) is 6.03. The number of carbonyl (C=O) groups is 1. The Morgan fingerprint density at radius 1 is 1.50 bits per heavy atom. The molecule has 1 atom stereocenters. The second kappa shape index (κ2) is 5.58. The summed E-state index contributed by atoms with van der Waals surface area (Å²) in [5, 5.41) is 16.8. The van der Waals surface area contributed by atoms with Crippen LogP contribution in [0.3, 0.4) is 0 Å². The van der Waals surface area contributed by atoms with E-state index in [-0.39, 0.29) is 17.5 Å².